The molecule has 1 atom stereocenters. The number of alkyl halides is 3. The average molecular weight is 291 g/mol. The second-order valence-electron chi connectivity index (χ2n) is 4.27. The molecule has 1 unspecified atom stereocenters. The first-order valence-electron chi connectivity index (χ1n) is 5.11. The number of hydrogen-bond donors (Lipinski definition) is 2. The molecule has 0 radical (unpaired) electrons. The molecule has 0 fully saturated rings. The third-order valence-corrected chi connectivity index (χ3v) is 4.79. The van der Waals surface area contributed by atoms with Gasteiger partial charge in [-0.05, 0) is 20.8 Å². The molecule has 9 heteroatoms. The summed E-state index contributed by atoms with van der Waals surface area (Å²) >= 11 is 0. The van der Waals surface area contributed by atoms with Crippen molar-refractivity contribution in [3.8, 4) is 0 Å². The Kier molecular flexibility index (Phi) is 5.18. The lowest BCUT2D eigenvalue weighted by Gasteiger charge is -2.28. The van der Waals surface area contributed by atoms with Gasteiger partial charge in [-0.15, -0.1) is 0 Å². The summed E-state index contributed by atoms with van der Waals surface area (Å²) in [5.74, 6) is -2.65. The predicted molar refractivity (Wildman–Crippen MR) is 59.0 cm³/mol. The third kappa shape index (κ3) is 3.84. The van der Waals surface area contributed by atoms with Gasteiger partial charge in [0.15, 0.2) is 9.84 Å². The Morgan fingerprint density at radius 2 is 1.78 bits per heavy atom. The molecule has 0 aromatic rings. The molecule has 0 spiro atoms. The van der Waals surface area contributed by atoms with E-state index in [1.807, 2.05) is 0 Å². The van der Waals surface area contributed by atoms with E-state index in [4.69, 9.17) is 5.11 Å². The molecule has 108 valence electrons. The van der Waals surface area contributed by atoms with Crippen molar-refractivity contribution in [2.75, 3.05) is 12.3 Å². The van der Waals surface area contributed by atoms with Crippen molar-refractivity contribution in [3.05, 3.63) is 0 Å². The van der Waals surface area contributed by atoms with Crippen LogP contribution in [0.5, 0.6) is 0 Å². The number of carboxylic acids is 1. The second-order valence-corrected chi connectivity index (χ2v) is 6.95. The molecule has 0 bridgehead atoms. The maximum atomic E-state index is 12.5. The first-order chi connectivity index (χ1) is 7.84. The summed E-state index contributed by atoms with van der Waals surface area (Å²) in [6.45, 7) is 2.67. The molecule has 5 nitrogen and oxygen atoms in total. The van der Waals surface area contributed by atoms with Crippen LogP contribution in [0.2, 0.25) is 0 Å². The molecule has 0 aliphatic carbocycles. The molecule has 0 saturated heterocycles. The van der Waals surface area contributed by atoms with Gasteiger partial charge < -0.3 is 5.11 Å². The second kappa shape index (κ2) is 5.43. The van der Waals surface area contributed by atoms with Crippen LogP contribution in [0.25, 0.3) is 0 Å². The molecule has 18 heavy (non-hydrogen) atoms. The molecule has 0 rings (SSSR count). The van der Waals surface area contributed by atoms with Gasteiger partial charge in [-0.25, -0.2) is 13.2 Å². The Morgan fingerprint density at radius 1 is 1.33 bits per heavy atom. The summed E-state index contributed by atoms with van der Waals surface area (Å²) in [5.41, 5.74) is -3.15. The van der Waals surface area contributed by atoms with E-state index in [0.717, 1.165) is 0 Å². The molecule has 0 amide bonds. The van der Waals surface area contributed by atoms with E-state index in [1.54, 1.807) is 5.32 Å². The van der Waals surface area contributed by atoms with Crippen LogP contribution in [0, 0.1) is 0 Å². The van der Waals surface area contributed by atoms with E-state index >= 15 is 0 Å². The first kappa shape index (κ1) is 17.2. The number of rotatable bonds is 6. The van der Waals surface area contributed by atoms with Gasteiger partial charge in [0.25, 0.3) is 0 Å². The highest BCUT2D eigenvalue weighted by molar-refractivity contribution is 7.92. The van der Waals surface area contributed by atoms with E-state index in [9.17, 15) is 26.4 Å². The monoisotopic (exact) mass is 291 g/mol. The first-order valence-corrected chi connectivity index (χ1v) is 6.83. The SMILES string of the molecule is CC(C)S(=O)(=O)CCNC(C)(C(=O)O)C(F)(F)F. The number of nitrogens with one attached hydrogen (secondary N) is 1. The summed E-state index contributed by atoms with van der Waals surface area (Å²) in [6, 6.07) is 0. The van der Waals surface area contributed by atoms with Gasteiger partial charge in [0.1, 0.15) is 0 Å². The smallest absolute Gasteiger partial charge is 0.417 e. The number of halogens is 3. The highest BCUT2D eigenvalue weighted by Crippen LogP contribution is 2.30. The summed E-state index contributed by atoms with van der Waals surface area (Å²) in [7, 11) is -3.51. The third-order valence-electron chi connectivity index (χ3n) is 2.58. The fraction of sp³-hybridized carbons (Fsp3) is 0.889. The van der Waals surface area contributed by atoms with Gasteiger partial charge in [-0.3, -0.25) is 5.32 Å². The number of hydrogen-bond acceptors (Lipinski definition) is 4. The van der Waals surface area contributed by atoms with Gasteiger partial charge in [0, 0.05) is 6.54 Å². The summed E-state index contributed by atoms with van der Waals surface area (Å²) in [4.78, 5) is 10.6. The Labute approximate surface area is 103 Å². The van der Waals surface area contributed by atoms with Crippen LogP contribution in [0.15, 0.2) is 0 Å². The highest BCUT2D eigenvalue weighted by Gasteiger charge is 2.57. The maximum absolute atomic E-state index is 12.5. The normalized spacial score (nSPS) is 16.6. The Morgan fingerprint density at radius 3 is 2.06 bits per heavy atom. The zero-order chi connectivity index (χ0) is 14.8. The molecule has 0 aromatic heterocycles. The number of aliphatic carboxylic acids is 1. The van der Waals surface area contributed by atoms with Crippen LogP contribution < -0.4 is 5.32 Å². The van der Waals surface area contributed by atoms with E-state index in [1.165, 1.54) is 13.8 Å². The van der Waals surface area contributed by atoms with Gasteiger partial charge in [-0.1, -0.05) is 0 Å². The van der Waals surface area contributed by atoms with Crippen molar-refractivity contribution in [1.29, 1.82) is 0 Å². The summed E-state index contributed by atoms with van der Waals surface area (Å²) < 4.78 is 60.4. The van der Waals surface area contributed by atoms with Crippen LogP contribution in [0.1, 0.15) is 20.8 Å². The number of carbonyl (C=O) groups is 1. The number of carboxylic acid groups (broad SMARTS) is 1. The lowest BCUT2D eigenvalue weighted by Crippen LogP contribution is -2.61. The van der Waals surface area contributed by atoms with Gasteiger partial charge in [0.05, 0.1) is 11.0 Å². The molecular weight excluding hydrogens is 275 g/mol. The molecule has 0 aromatic carbocycles. The Balaban J connectivity index is 4.75. The zero-order valence-corrected chi connectivity index (χ0v) is 11.0. The summed E-state index contributed by atoms with van der Waals surface area (Å²) in [6.07, 6.45) is -5.01. The minimum Gasteiger partial charge on any atom is -0.480 e. The molecule has 0 saturated carbocycles. The lowest BCUT2D eigenvalue weighted by molar-refractivity contribution is -0.205. The predicted octanol–water partition coefficient (Wildman–Crippen LogP) is 0.805. The van der Waals surface area contributed by atoms with Crippen molar-refractivity contribution in [1.82, 2.24) is 5.32 Å². The largest absolute Gasteiger partial charge is 0.480 e. The average Bonchev–Trinajstić information content (AvgIpc) is 2.14. The molecule has 2 N–H and O–H groups in total. The number of sulfone groups is 1. The quantitative estimate of drug-likeness (QED) is 0.756. The fourth-order valence-corrected chi connectivity index (χ4v) is 1.83. The van der Waals surface area contributed by atoms with E-state index in [0.29, 0.717) is 6.92 Å². The van der Waals surface area contributed by atoms with Crippen molar-refractivity contribution in [2.24, 2.45) is 0 Å². The minimum absolute atomic E-state index is 0.456. The van der Waals surface area contributed by atoms with Crippen LogP contribution in [0.4, 0.5) is 13.2 Å². The van der Waals surface area contributed by atoms with Crippen LogP contribution in [-0.2, 0) is 14.6 Å². The standard InChI is InChI=1S/C9H16F3NO4S/c1-6(2)18(16,17)5-4-13-8(3,7(14)15)9(10,11)12/h6,13H,4-5H2,1-3H3,(H,14,15). The fourth-order valence-electron chi connectivity index (χ4n) is 0.976. The Hall–Kier alpha value is -0.830. The Bertz CT molecular complexity index is 405. The molecule has 0 heterocycles. The zero-order valence-electron chi connectivity index (χ0n) is 10.2. The topological polar surface area (TPSA) is 83.5 Å². The summed E-state index contributed by atoms with van der Waals surface area (Å²) in [5, 5.41) is 9.60. The van der Waals surface area contributed by atoms with E-state index in [2.05, 4.69) is 0 Å². The van der Waals surface area contributed by atoms with Crippen LogP contribution in [0.3, 0.4) is 0 Å². The van der Waals surface area contributed by atoms with E-state index < -0.39 is 45.1 Å². The highest BCUT2D eigenvalue weighted by atomic mass is 32.2. The van der Waals surface area contributed by atoms with Crippen molar-refractivity contribution in [3.63, 3.8) is 0 Å². The van der Waals surface area contributed by atoms with Gasteiger partial charge in [0.2, 0.25) is 5.54 Å². The van der Waals surface area contributed by atoms with Crippen molar-refractivity contribution in [2.45, 2.75) is 37.7 Å². The van der Waals surface area contributed by atoms with Gasteiger partial charge >= 0.3 is 12.1 Å². The van der Waals surface area contributed by atoms with Crippen LogP contribution >= 0.6 is 0 Å². The minimum atomic E-state index is -5.01. The molecule has 0 aliphatic heterocycles. The van der Waals surface area contributed by atoms with E-state index in [-0.39, 0.29) is 0 Å². The molecular formula is C9H16F3NO4S. The molecule has 0 aliphatic rings. The lowest BCUT2D eigenvalue weighted by atomic mass is 10.0. The van der Waals surface area contributed by atoms with Crippen LogP contribution in [-0.4, -0.2) is 48.8 Å². The van der Waals surface area contributed by atoms with Gasteiger partial charge in [-0.2, -0.15) is 13.2 Å². The maximum Gasteiger partial charge on any atom is 0.417 e. The van der Waals surface area contributed by atoms with Crippen molar-refractivity contribution < 1.29 is 31.5 Å². The van der Waals surface area contributed by atoms with Crippen molar-refractivity contribution >= 4 is 15.8 Å².